The zero-order valence-corrected chi connectivity index (χ0v) is 7.33. The van der Waals surface area contributed by atoms with E-state index in [2.05, 4.69) is 11.8 Å². The molecule has 64 valence electrons. The summed E-state index contributed by atoms with van der Waals surface area (Å²) >= 11 is 0. The van der Waals surface area contributed by atoms with E-state index in [1.165, 1.54) is 7.11 Å². The van der Waals surface area contributed by atoms with E-state index in [1.54, 1.807) is 0 Å². The Morgan fingerprint density at radius 1 is 1.64 bits per heavy atom. The van der Waals surface area contributed by atoms with Crippen LogP contribution in [0.2, 0.25) is 0 Å². The number of likely N-dealkylation sites (N-methyl/N-ethyl adjacent to an activating group) is 1. The molecule has 0 aromatic carbocycles. The zero-order valence-electron chi connectivity index (χ0n) is 7.33. The monoisotopic (exact) mass is 157 g/mol. The largest absolute Gasteiger partial charge is 0.468 e. The molecule has 0 bridgehead atoms. The van der Waals surface area contributed by atoms with Crippen molar-refractivity contribution in [2.24, 2.45) is 5.92 Å². The van der Waals surface area contributed by atoms with Gasteiger partial charge in [0.25, 0.3) is 0 Å². The molecule has 0 spiro atoms. The number of methoxy groups -OCH3 is 1. The number of hydrogen-bond acceptors (Lipinski definition) is 3. The molecular formula is C8H15NO2. The second kappa shape index (κ2) is 3.22. The number of rotatable bonds is 1. The SMILES string of the molecule is COC(=O)[C@@H]1[C@H](C)CCN1C. The number of ether oxygens (including phenoxy) is 1. The molecule has 1 rings (SSSR count). The summed E-state index contributed by atoms with van der Waals surface area (Å²) in [6.07, 6.45) is 1.09. The van der Waals surface area contributed by atoms with Gasteiger partial charge in [-0.25, -0.2) is 0 Å². The van der Waals surface area contributed by atoms with Crippen molar-refractivity contribution in [2.45, 2.75) is 19.4 Å². The Morgan fingerprint density at radius 3 is 2.64 bits per heavy atom. The standard InChI is InChI=1S/C8H15NO2/c1-6-4-5-9(2)7(6)8(10)11-3/h6-7H,4-5H2,1-3H3/t6-,7+/m1/s1. The minimum absolute atomic E-state index is 0.0139. The molecule has 0 unspecified atom stereocenters. The first-order chi connectivity index (χ1) is 5.16. The lowest BCUT2D eigenvalue weighted by molar-refractivity contribution is -0.146. The van der Waals surface area contributed by atoms with Gasteiger partial charge >= 0.3 is 5.97 Å². The van der Waals surface area contributed by atoms with Crippen LogP contribution < -0.4 is 0 Å². The second-order valence-electron chi connectivity index (χ2n) is 3.21. The topological polar surface area (TPSA) is 29.5 Å². The van der Waals surface area contributed by atoms with Crippen molar-refractivity contribution < 1.29 is 9.53 Å². The minimum atomic E-state index is -0.0995. The first-order valence-corrected chi connectivity index (χ1v) is 3.95. The molecule has 0 radical (unpaired) electrons. The van der Waals surface area contributed by atoms with E-state index in [0.717, 1.165) is 13.0 Å². The summed E-state index contributed by atoms with van der Waals surface area (Å²) in [4.78, 5) is 13.2. The highest BCUT2D eigenvalue weighted by atomic mass is 16.5. The Morgan fingerprint density at radius 2 is 2.27 bits per heavy atom. The smallest absolute Gasteiger partial charge is 0.323 e. The van der Waals surface area contributed by atoms with Crippen molar-refractivity contribution in [3.8, 4) is 0 Å². The molecule has 0 aromatic heterocycles. The molecule has 3 heteroatoms. The lowest BCUT2D eigenvalue weighted by atomic mass is 10.0. The number of carbonyl (C=O) groups excluding carboxylic acids is 1. The summed E-state index contributed by atoms with van der Waals surface area (Å²) in [5.74, 6) is 0.338. The second-order valence-corrected chi connectivity index (χ2v) is 3.21. The van der Waals surface area contributed by atoms with Crippen molar-refractivity contribution in [1.29, 1.82) is 0 Å². The van der Waals surface area contributed by atoms with Gasteiger partial charge in [0.1, 0.15) is 6.04 Å². The van der Waals surface area contributed by atoms with Crippen LogP contribution in [0.5, 0.6) is 0 Å². The maximum Gasteiger partial charge on any atom is 0.323 e. The van der Waals surface area contributed by atoms with Gasteiger partial charge in [0.15, 0.2) is 0 Å². The predicted octanol–water partition coefficient (Wildman–Crippen LogP) is 0.500. The highest BCUT2D eigenvalue weighted by Crippen LogP contribution is 2.22. The number of carbonyl (C=O) groups is 1. The fourth-order valence-corrected chi connectivity index (χ4v) is 1.67. The molecule has 0 N–H and O–H groups in total. The molecule has 1 saturated heterocycles. The van der Waals surface area contributed by atoms with Gasteiger partial charge in [0.2, 0.25) is 0 Å². The van der Waals surface area contributed by atoms with Gasteiger partial charge in [-0.15, -0.1) is 0 Å². The molecule has 1 aliphatic rings. The van der Waals surface area contributed by atoms with Crippen LogP contribution in [0.25, 0.3) is 0 Å². The van der Waals surface area contributed by atoms with Crippen LogP contribution in [0.1, 0.15) is 13.3 Å². The predicted molar refractivity (Wildman–Crippen MR) is 42.2 cm³/mol. The van der Waals surface area contributed by atoms with Crippen molar-refractivity contribution in [3.05, 3.63) is 0 Å². The summed E-state index contributed by atoms with van der Waals surface area (Å²) in [5, 5.41) is 0. The molecule has 11 heavy (non-hydrogen) atoms. The molecule has 2 atom stereocenters. The summed E-state index contributed by atoms with van der Waals surface area (Å²) in [7, 11) is 3.41. The van der Waals surface area contributed by atoms with Crippen LogP contribution in [0, 0.1) is 5.92 Å². The van der Waals surface area contributed by atoms with E-state index in [1.807, 2.05) is 7.05 Å². The Labute approximate surface area is 67.3 Å². The quantitative estimate of drug-likeness (QED) is 0.519. The number of esters is 1. The van der Waals surface area contributed by atoms with E-state index >= 15 is 0 Å². The van der Waals surface area contributed by atoms with Gasteiger partial charge in [-0.2, -0.15) is 0 Å². The van der Waals surface area contributed by atoms with E-state index < -0.39 is 0 Å². The van der Waals surface area contributed by atoms with Gasteiger partial charge in [0, 0.05) is 0 Å². The normalized spacial score (nSPS) is 32.3. The Kier molecular flexibility index (Phi) is 2.49. The molecule has 0 aromatic rings. The molecule has 1 aliphatic heterocycles. The molecule has 1 fully saturated rings. The van der Waals surface area contributed by atoms with Gasteiger partial charge in [-0.3, -0.25) is 9.69 Å². The van der Waals surface area contributed by atoms with E-state index in [9.17, 15) is 4.79 Å². The fourth-order valence-electron chi connectivity index (χ4n) is 1.67. The van der Waals surface area contributed by atoms with E-state index in [-0.39, 0.29) is 12.0 Å². The van der Waals surface area contributed by atoms with Crippen LogP contribution >= 0.6 is 0 Å². The summed E-state index contributed by atoms with van der Waals surface area (Å²) in [6.45, 7) is 3.09. The van der Waals surface area contributed by atoms with Crippen LogP contribution in [0.3, 0.4) is 0 Å². The van der Waals surface area contributed by atoms with E-state index in [0.29, 0.717) is 5.92 Å². The lowest BCUT2D eigenvalue weighted by Crippen LogP contribution is -2.37. The van der Waals surface area contributed by atoms with Gasteiger partial charge in [-0.1, -0.05) is 6.92 Å². The van der Waals surface area contributed by atoms with Gasteiger partial charge in [-0.05, 0) is 25.9 Å². The number of hydrogen-bond donors (Lipinski definition) is 0. The third kappa shape index (κ3) is 1.53. The highest BCUT2D eigenvalue weighted by Gasteiger charge is 2.34. The first kappa shape index (κ1) is 8.53. The lowest BCUT2D eigenvalue weighted by Gasteiger charge is -2.19. The van der Waals surface area contributed by atoms with E-state index in [4.69, 9.17) is 4.74 Å². The first-order valence-electron chi connectivity index (χ1n) is 3.95. The van der Waals surface area contributed by atoms with Crippen LogP contribution in [-0.2, 0) is 9.53 Å². The Hall–Kier alpha value is -0.570. The van der Waals surface area contributed by atoms with Crippen molar-refractivity contribution >= 4 is 5.97 Å². The molecule has 0 saturated carbocycles. The maximum absolute atomic E-state index is 11.2. The average Bonchev–Trinajstić information content (AvgIpc) is 2.30. The van der Waals surface area contributed by atoms with Crippen molar-refractivity contribution in [1.82, 2.24) is 4.90 Å². The summed E-state index contributed by atoms with van der Waals surface area (Å²) in [6, 6.07) is -0.0139. The summed E-state index contributed by atoms with van der Waals surface area (Å²) < 4.78 is 4.69. The maximum atomic E-state index is 11.2. The van der Waals surface area contributed by atoms with Crippen LogP contribution in [-0.4, -0.2) is 37.6 Å². The molecule has 0 aliphatic carbocycles. The average molecular weight is 157 g/mol. The van der Waals surface area contributed by atoms with Crippen molar-refractivity contribution in [2.75, 3.05) is 20.7 Å². The third-order valence-corrected chi connectivity index (χ3v) is 2.39. The molecule has 0 amide bonds. The Balaban J connectivity index is 2.60. The molecular weight excluding hydrogens is 142 g/mol. The fraction of sp³-hybridized carbons (Fsp3) is 0.875. The molecule has 3 nitrogen and oxygen atoms in total. The third-order valence-electron chi connectivity index (χ3n) is 2.39. The Bertz CT molecular complexity index is 148. The number of likely N-dealkylation sites (tertiary alicyclic amines) is 1. The molecule has 1 heterocycles. The zero-order chi connectivity index (χ0) is 8.43. The van der Waals surface area contributed by atoms with Gasteiger partial charge in [0.05, 0.1) is 7.11 Å². The minimum Gasteiger partial charge on any atom is -0.468 e. The number of nitrogens with zero attached hydrogens (tertiary/aromatic N) is 1. The summed E-state index contributed by atoms with van der Waals surface area (Å²) in [5.41, 5.74) is 0. The van der Waals surface area contributed by atoms with Gasteiger partial charge < -0.3 is 4.74 Å². The van der Waals surface area contributed by atoms with Crippen LogP contribution in [0.15, 0.2) is 0 Å². The van der Waals surface area contributed by atoms with Crippen molar-refractivity contribution in [3.63, 3.8) is 0 Å². The highest BCUT2D eigenvalue weighted by molar-refractivity contribution is 5.76. The van der Waals surface area contributed by atoms with Crippen LogP contribution in [0.4, 0.5) is 0 Å².